The highest BCUT2D eigenvalue weighted by Crippen LogP contribution is 2.38. The molecule has 6 nitrogen and oxygen atoms in total. The molecule has 1 saturated carbocycles. The second-order valence-electron chi connectivity index (χ2n) is 7.91. The van der Waals surface area contributed by atoms with E-state index in [1.807, 2.05) is 0 Å². The standard InChI is InChI=1S/C23H17ClF4N2O4S/c24-19-11-16(5-6-20(19)25)34-21-7-4-15(12-29-21)30-22(31)13-8-18(9-13)35(32,33)17-3-1-2-14(10-17)23(26,27)28/h1-7,10-13,18H,8-9H2,(H,30,31). The molecule has 1 N–H and O–H groups in total. The number of nitrogens with one attached hydrogen (secondary N) is 1. The number of halogens is 5. The molecule has 2 aromatic carbocycles. The summed E-state index contributed by atoms with van der Waals surface area (Å²) in [6.07, 6.45) is -3.35. The first-order chi connectivity index (χ1) is 16.4. The molecule has 0 unspecified atom stereocenters. The quantitative estimate of drug-likeness (QED) is 0.404. The Kier molecular flexibility index (Phi) is 6.74. The molecule has 1 fully saturated rings. The number of rotatable bonds is 6. The fourth-order valence-corrected chi connectivity index (χ4v) is 5.58. The predicted molar refractivity (Wildman–Crippen MR) is 119 cm³/mol. The van der Waals surface area contributed by atoms with Crippen LogP contribution in [-0.4, -0.2) is 24.6 Å². The van der Waals surface area contributed by atoms with Gasteiger partial charge in [0, 0.05) is 18.1 Å². The number of amides is 1. The normalized spacial score (nSPS) is 18.0. The molecule has 0 radical (unpaired) electrons. The Morgan fingerprint density at radius 1 is 1.09 bits per heavy atom. The number of ether oxygens (including phenoxy) is 1. The number of pyridine rings is 1. The molecule has 1 aromatic heterocycles. The smallest absolute Gasteiger partial charge is 0.416 e. The summed E-state index contributed by atoms with van der Waals surface area (Å²) < 4.78 is 82.8. The maximum Gasteiger partial charge on any atom is 0.416 e. The van der Waals surface area contributed by atoms with E-state index in [2.05, 4.69) is 10.3 Å². The lowest BCUT2D eigenvalue weighted by Gasteiger charge is -2.33. The van der Waals surface area contributed by atoms with E-state index in [9.17, 15) is 30.8 Å². The van der Waals surface area contributed by atoms with Gasteiger partial charge in [-0.2, -0.15) is 13.2 Å². The summed E-state index contributed by atoms with van der Waals surface area (Å²) in [4.78, 5) is 16.1. The maximum absolute atomic E-state index is 13.2. The van der Waals surface area contributed by atoms with E-state index in [0.717, 1.165) is 24.3 Å². The second kappa shape index (κ2) is 9.46. The van der Waals surface area contributed by atoms with Crippen LogP contribution in [0.2, 0.25) is 5.02 Å². The Labute approximate surface area is 202 Å². The van der Waals surface area contributed by atoms with Crippen molar-refractivity contribution in [2.45, 2.75) is 29.2 Å². The van der Waals surface area contributed by atoms with Gasteiger partial charge >= 0.3 is 6.18 Å². The van der Waals surface area contributed by atoms with E-state index in [0.29, 0.717) is 11.8 Å². The number of alkyl halides is 3. The highest BCUT2D eigenvalue weighted by Gasteiger charge is 2.43. The summed E-state index contributed by atoms with van der Waals surface area (Å²) >= 11 is 5.70. The molecule has 0 aliphatic heterocycles. The average Bonchev–Trinajstić information content (AvgIpc) is 2.76. The lowest BCUT2D eigenvalue weighted by Crippen LogP contribution is -2.42. The Hall–Kier alpha value is -3.18. The van der Waals surface area contributed by atoms with E-state index in [4.69, 9.17) is 16.3 Å². The fraction of sp³-hybridized carbons (Fsp3) is 0.217. The first kappa shape index (κ1) is 24.9. The Morgan fingerprint density at radius 3 is 2.46 bits per heavy atom. The molecular weight excluding hydrogens is 512 g/mol. The van der Waals surface area contributed by atoms with Gasteiger partial charge < -0.3 is 10.1 Å². The monoisotopic (exact) mass is 528 g/mol. The van der Waals surface area contributed by atoms with Gasteiger partial charge in [0.1, 0.15) is 11.6 Å². The van der Waals surface area contributed by atoms with Crippen molar-refractivity contribution in [1.29, 1.82) is 0 Å². The van der Waals surface area contributed by atoms with Crippen molar-refractivity contribution in [3.05, 3.63) is 77.2 Å². The number of benzene rings is 2. The molecule has 184 valence electrons. The number of hydrogen-bond acceptors (Lipinski definition) is 5. The zero-order valence-corrected chi connectivity index (χ0v) is 19.3. The van der Waals surface area contributed by atoms with Crippen LogP contribution >= 0.6 is 11.6 Å². The van der Waals surface area contributed by atoms with Crippen molar-refractivity contribution in [2.75, 3.05) is 5.32 Å². The first-order valence-electron chi connectivity index (χ1n) is 10.2. The fourth-order valence-electron chi connectivity index (χ4n) is 3.49. The highest BCUT2D eigenvalue weighted by atomic mass is 35.5. The molecule has 1 amide bonds. The van der Waals surface area contributed by atoms with Gasteiger partial charge in [-0.05, 0) is 49.2 Å². The lowest BCUT2D eigenvalue weighted by molar-refractivity contribution is -0.137. The van der Waals surface area contributed by atoms with Crippen LogP contribution in [0.4, 0.5) is 23.2 Å². The molecule has 4 rings (SSSR count). The van der Waals surface area contributed by atoms with Crippen molar-refractivity contribution < 1.29 is 35.5 Å². The van der Waals surface area contributed by atoms with Crippen LogP contribution in [0.1, 0.15) is 18.4 Å². The van der Waals surface area contributed by atoms with Crippen molar-refractivity contribution in [3.8, 4) is 11.6 Å². The minimum absolute atomic E-state index is 0.00956. The lowest BCUT2D eigenvalue weighted by atomic mass is 9.84. The van der Waals surface area contributed by atoms with Crippen molar-refractivity contribution in [1.82, 2.24) is 4.98 Å². The summed E-state index contributed by atoms with van der Waals surface area (Å²) in [6.45, 7) is 0. The molecule has 12 heteroatoms. The SMILES string of the molecule is O=C(Nc1ccc(Oc2ccc(F)c(Cl)c2)nc1)C1CC(S(=O)(=O)c2cccc(C(F)(F)F)c2)C1. The van der Waals surface area contributed by atoms with Crippen molar-refractivity contribution in [3.63, 3.8) is 0 Å². The van der Waals surface area contributed by atoms with Gasteiger partial charge in [0.15, 0.2) is 9.84 Å². The van der Waals surface area contributed by atoms with Crippen LogP contribution in [0.15, 0.2) is 65.7 Å². The Morgan fingerprint density at radius 2 is 1.83 bits per heavy atom. The number of sulfone groups is 1. The van der Waals surface area contributed by atoms with Crippen molar-refractivity contribution >= 4 is 33.0 Å². The molecule has 35 heavy (non-hydrogen) atoms. The summed E-state index contributed by atoms with van der Waals surface area (Å²) in [5.41, 5.74) is -0.710. The van der Waals surface area contributed by atoms with E-state index in [-0.39, 0.29) is 29.5 Å². The summed E-state index contributed by atoms with van der Waals surface area (Å²) in [5.74, 6) is -1.20. The number of aromatic nitrogens is 1. The van der Waals surface area contributed by atoms with Crippen LogP contribution in [-0.2, 0) is 20.8 Å². The summed E-state index contributed by atoms with van der Waals surface area (Å²) in [5, 5.41) is 1.56. The van der Waals surface area contributed by atoms with Gasteiger partial charge in [0.2, 0.25) is 11.8 Å². The number of nitrogens with zero attached hydrogens (tertiary/aromatic N) is 1. The predicted octanol–water partition coefficient (Wildman–Crippen LogP) is 5.88. The van der Waals surface area contributed by atoms with Gasteiger partial charge in [-0.3, -0.25) is 4.79 Å². The van der Waals surface area contributed by atoms with E-state index in [1.165, 1.54) is 30.5 Å². The zero-order chi connectivity index (χ0) is 25.4. The molecule has 1 heterocycles. The Bertz CT molecular complexity index is 1360. The molecule has 1 aliphatic rings. The zero-order valence-electron chi connectivity index (χ0n) is 17.7. The minimum Gasteiger partial charge on any atom is -0.439 e. The third-order valence-electron chi connectivity index (χ3n) is 5.51. The molecule has 0 spiro atoms. The van der Waals surface area contributed by atoms with Gasteiger partial charge in [-0.25, -0.2) is 17.8 Å². The number of hydrogen-bond donors (Lipinski definition) is 1. The van der Waals surface area contributed by atoms with Crippen LogP contribution in [0.5, 0.6) is 11.6 Å². The molecule has 0 saturated heterocycles. The molecular formula is C23H17ClF4N2O4S. The van der Waals surface area contributed by atoms with E-state index >= 15 is 0 Å². The Balaban J connectivity index is 1.34. The topological polar surface area (TPSA) is 85.4 Å². The highest BCUT2D eigenvalue weighted by molar-refractivity contribution is 7.92. The second-order valence-corrected chi connectivity index (χ2v) is 10.5. The number of carbonyl (C=O) groups is 1. The van der Waals surface area contributed by atoms with Gasteiger partial charge in [0.05, 0.1) is 32.6 Å². The van der Waals surface area contributed by atoms with Crippen LogP contribution in [0.3, 0.4) is 0 Å². The van der Waals surface area contributed by atoms with E-state index < -0.39 is 49.4 Å². The number of carbonyl (C=O) groups excluding carboxylic acids is 1. The van der Waals surface area contributed by atoms with Gasteiger partial charge in [0.25, 0.3) is 0 Å². The van der Waals surface area contributed by atoms with Gasteiger partial charge in [-0.15, -0.1) is 0 Å². The third kappa shape index (κ3) is 5.57. The maximum atomic E-state index is 13.2. The van der Waals surface area contributed by atoms with Crippen molar-refractivity contribution in [2.24, 2.45) is 5.92 Å². The molecule has 3 aromatic rings. The van der Waals surface area contributed by atoms with Gasteiger partial charge in [-0.1, -0.05) is 17.7 Å². The summed E-state index contributed by atoms with van der Waals surface area (Å²) in [7, 11) is -4.01. The number of anilines is 1. The first-order valence-corrected chi connectivity index (χ1v) is 12.2. The largest absolute Gasteiger partial charge is 0.439 e. The van der Waals surface area contributed by atoms with Crippen LogP contribution < -0.4 is 10.1 Å². The molecule has 0 bridgehead atoms. The van der Waals surface area contributed by atoms with Crippen LogP contribution in [0, 0.1) is 11.7 Å². The third-order valence-corrected chi connectivity index (χ3v) is 7.97. The van der Waals surface area contributed by atoms with Crippen LogP contribution in [0.25, 0.3) is 0 Å². The molecule has 1 aliphatic carbocycles. The average molecular weight is 529 g/mol. The minimum atomic E-state index is -4.66. The summed E-state index contributed by atoms with van der Waals surface area (Å²) in [6, 6.07) is 10.4. The van der Waals surface area contributed by atoms with E-state index in [1.54, 1.807) is 0 Å². The molecule has 0 atom stereocenters.